The molecule has 0 aliphatic heterocycles. The van der Waals surface area contributed by atoms with Crippen molar-refractivity contribution in [2.24, 2.45) is 0 Å². The average molecular weight is 190 g/mol. The smallest absolute Gasteiger partial charge is 0.140 e. The highest BCUT2D eigenvalue weighted by Gasteiger charge is 2.09. The highest BCUT2D eigenvalue weighted by atomic mass is 19.1. The first-order chi connectivity index (χ1) is 6.68. The van der Waals surface area contributed by atoms with Crippen LogP contribution < -0.4 is 0 Å². The van der Waals surface area contributed by atoms with Crippen molar-refractivity contribution in [3.05, 3.63) is 41.5 Å². The van der Waals surface area contributed by atoms with E-state index < -0.39 is 0 Å². The minimum Gasteiger partial charge on any atom is -0.342 e. The number of aryl methyl sites for hydroxylation is 2. The number of hydrogen-bond acceptors (Lipinski definition) is 1. The van der Waals surface area contributed by atoms with Crippen molar-refractivity contribution in [2.75, 3.05) is 0 Å². The van der Waals surface area contributed by atoms with E-state index >= 15 is 0 Å². The fraction of sp³-hybridized carbons (Fsp3) is 0.182. The first-order valence-electron chi connectivity index (χ1n) is 4.45. The van der Waals surface area contributed by atoms with Crippen LogP contribution in [-0.4, -0.2) is 9.97 Å². The minimum absolute atomic E-state index is 0.207. The molecule has 1 heterocycles. The number of nitrogens with zero attached hydrogens (tertiary/aromatic N) is 1. The number of halogens is 1. The van der Waals surface area contributed by atoms with Crippen molar-refractivity contribution in [3.63, 3.8) is 0 Å². The summed E-state index contributed by atoms with van der Waals surface area (Å²) in [5, 5.41) is 0. The lowest BCUT2D eigenvalue weighted by molar-refractivity contribution is 0.621. The first kappa shape index (κ1) is 8.94. The van der Waals surface area contributed by atoms with Crippen molar-refractivity contribution in [3.8, 4) is 11.4 Å². The van der Waals surface area contributed by atoms with Crippen LogP contribution in [0.3, 0.4) is 0 Å². The second-order valence-electron chi connectivity index (χ2n) is 3.35. The van der Waals surface area contributed by atoms with Gasteiger partial charge in [-0.05, 0) is 25.5 Å². The Morgan fingerprint density at radius 3 is 2.71 bits per heavy atom. The summed E-state index contributed by atoms with van der Waals surface area (Å²) in [6.07, 6.45) is 1.69. The van der Waals surface area contributed by atoms with Crippen molar-refractivity contribution in [1.29, 1.82) is 0 Å². The highest BCUT2D eigenvalue weighted by molar-refractivity contribution is 5.57. The molecule has 0 saturated carbocycles. The Hall–Kier alpha value is -1.64. The Morgan fingerprint density at radius 1 is 1.29 bits per heavy atom. The Bertz CT molecular complexity index is 460. The predicted molar refractivity (Wildman–Crippen MR) is 53.5 cm³/mol. The third kappa shape index (κ3) is 1.41. The van der Waals surface area contributed by atoms with Gasteiger partial charge >= 0.3 is 0 Å². The molecule has 0 unspecified atom stereocenters. The Labute approximate surface area is 81.8 Å². The van der Waals surface area contributed by atoms with Gasteiger partial charge in [0.1, 0.15) is 11.6 Å². The Kier molecular flexibility index (Phi) is 2.08. The van der Waals surface area contributed by atoms with Crippen molar-refractivity contribution < 1.29 is 4.39 Å². The fourth-order valence-corrected chi connectivity index (χ4v) is 1.38. The van der Waals surface area contributed by atoms with Gasteiger partial charge in [0.15, 0.2) is 0 Å². The van der Waals surface area contributed by atoms with Gasteiger partial charge in [-0.15, -0.1) is 0 Å². The second-order valence-corrected chi connectivity index (χ2v) is 3.35. The van der Waals surface area contributed by atoms with Gasteiger partial charge in [0.25, 0.3) is 0 Å². The van der Waals surface area contributed by atoms with E-state index in [9.17, 15) is 4.39 Å². The van der Waals surface area contributed by atoms with Crippen LogP contribution in [-0.2, 0) is 0 Å². The van der Waals surface area contributed by atoms with E-state index in [-0.39, 0.29) is 5.82 Å². The topological polar surface area (TPSA) is 28.7 Å². The molecule has 0 atom stereocenters. The molecule has 2 nitrogen and oxygen atoms in total. The highest BCUT2D eigenvalue weighted by Crippen LogP contribution is 2.21. The van der Waals surface area contributed by atoms with E-state index in [1.165, 1.54) is 0 Å². The van der Waals surface area contributed by atoms with E-state index in [0.29, 0.717) is 17.0 Å². The molecule has 3 heteroatoms. The molecule has 1 aromatic carbocycles. The van der Waals surface area contributed by atoms with Crippen LogP contribution in [0.2, 0.25) is 0 Å². The van der Waals surface area contributed by atoms with Crippen molar-refractivity contribution in [1.82, 2.24) is 9.97 Å². The lowest BCUT2D eigenvalue weighted by Gasteiger charge is -2.01. The van der Waals surface area contributed by atoms with E-state index in [2.05, 4.69) is 9.97 Å². The summed E-state index contributed by atoms with van der Waals surface area (Å²) < 4.78 is 13.6. The third-order valence-electron chi connectivity index (χ3n) is 2.15. The molecule has 2 rings (SSSR count). The normalized spacial score (nSPS) is 10.5. The van der Waals surface area contributed by atoms with Gasteiger partial charge in [-0.1, -0.05) is 12.1 Å². The molecule has 0 spiro atoms. The molecule has 1 N–H and O–H groups in total. The number of rotatable bonds is 1. The second kappa shape index (κ2) is 3.25. The van der Waals surface area contributed by atoms with Gasteiger partial charge in [0.05, 0.1) is 5.56 Å². The number of benzene rings is 1. The molecule has 0 radical (unpaired) electrons. The fourth-order valence-electron chi connectivity index (χ4n) is 1.38. The monoisotopic (exact) mass is 190 g/mol. The van der Waals surface area contributed by atoms with Crippen LogP contribution in [0.4, 0.5) is 4.39 Å². The van der Waals surface area contributed by atoms with E-state index in [1.807, 2.05) is 13.0 Å². The summed E-state index contributed by atoms with van der Waals surface area (Å²) in [7, 11) is 0. The number of imidazole rings is 1. The minimum atomic E-state index is -0.207. The van der Waals surface area contributed by atoms with Gasteiger partial charge in [0.2, 0.25) is 0 Å². The molecule has 72 valence electrons. The van der Waals surface area contributed by atoms with Crippen LogP contribution >= 0.6 is 0 Å². The number of aromatic amines is 1. The molecule has 0 aliphatic carbocycles. The zero-order chi connectivity index (χ0) is 10.1. The van der Waals surface area contributed by atoms with E-state index in [4.69, 9.17) is 0 Å². The lowest BCUT2D eigenvalue weighted by atomic mass is 10.1. The maximum Gasteiger partial charge on any atom is 0.140 e. The SMILES string of the molecule is Cc1cnc(-c2cccc(C)c2F)[nH]1. The molecule has 0 saturated heterocycles. The molecule has 1 aromatic heterocycles. The van der Waals surface area contributed by atoms with Crippen LogP contribution in [0.5, 0.6) is 0 Å². The Balaban J connectivity index is 2.57. The van der Waals surface area contributed by atoms with Gasteiger partial charge < -0.3 is 4.98 Å². The molecule has 0 aliphatic rings. The largest absolute Gasteiger partial charge is 0.342 e. The quantitative estimate of drug-likeness (QED) is 0.736. The van der Waals surface area contributed by atoms with Crippen LogP contribution in [0.25, 0.3) is 11.4 Å². The molecule has 2 aromatic rings. The number of hydrogen-bond donors (Lipinski definition) is 1. The molecule has 0 bridgehead atoms. The van der Waals surface area contributed by atoms with Crippen LogP contribution in [0, 0.1) is 19.7 Å². The standard InChI is InChI=1S/C11H11FN2/c1-7-4-3-5-9(10(7)12)11-13-6-8(2)14-11/h3-6H,1-2H3,(H,13,14). The van der Waals surface area contributed by atoms with Gasteiger partial charge in [0, 0.05) is 11.9 Å². The van der Waals surface area contributed by atoms with Crippen molar-refractivity contribution in [2.45, 2.75) is 13.8 Å². The average Bonchev–Trinajstić information content (AvgIpc) is 2.57. The van der Waals surface area contributed by atoms with E-state index in [1.54, 1.807) is 25.3 Å². The predicted octanol–water partition coefficient (Wildman–Crippen LogP) is 2.83. The lowest BCUT2D eigenvalue weighted by Crippen LogP contribution is -1.89. The molecule has 14 heavy (non-hydrogen) atoms. The summed E-state index contributed by atoms with van der Waals surface area (Å²) in [6, 6.07) is 5.29. The summed E-state index contributed by atoms with van der Waals surface area (Å²) in [6.45, 7) is 3.64. The van der Waals surface area contributed by atoms with Crippen molar-refractivity contribution >= 4 is 0 Å². The van der Waals surface area contributed by atoms with Gasteiger partial charge in [-0.3, -0.25) is 0 Å². The van der Waals surface area contributed by atoms with Crippen LogP contribution in [0.15, 0.2) is 24.4 Å². The molecule has 0 fully saturated rings. The van der Waals surface area contributed by atoms with Gasteiger partial charge in [-0.25, -0.2) is 9.37 Å². The maximum absolute atomic E-state index is 13.6. The summed E-state index contributed by atoms with van der Waals surface area (Å²) in [4.78, 5) is 7.10. The maximum atomic E-state index is 13.6. The summed E-state index contributed by atoms with van der Waals surface area (Å²) in [5.41, 5.74) is 2.09. The number of H-pyrrole nitrogens is 1. The zero-order valence-corrected chi connectivity index (χ0v) is 8.13. The third-order valence-corrected chi connectivity index (χ3v) is 2.15. The zero-order valence-electron chi connectivity index (χ0n) is 8.13. The van der Waals surface area contributed by atoms with E-state index in [0.717, 1.165) is 5.69 Å². The Morgan fingerprint density at radius 2 is 2.07 bits per heavy atom. The summed E-state index contributed by atoms with van der Waals surface area (Å²) >= 11 is 0. The van der Waals surface area contributed by atoms with Gasteiger partial charge in [-0.2, -0.15) is 0 Å². The number of nitrogens with one attached hydrogen (secondary N) is 1. The molecular formula is C11H11FN2. The summed E-state index contributed by atoms with van der Waals surface area (Å²) in [5.74, 6) is 0.380. The number of aromatic nitrogens is 2. The van der Waals surface area contributed by atoms with Crippen LogP contribution in [0.1, 0.15) is 11.3 Å². The first-order valence-corrected chi connectivity index (χ1v) is 4.45. The molecular weight excluding hydrogens is 179 g/mol. The molecule has 0 amide bonds.